The quantitative estimate of drug-likeness (QED) is 0.629. The summed E-state index contributed by atoms with van der Waals surface area (Å²) in [5.41, 5.74) is 8.72. The van der Waals surface area contributed by atoms with Crippen molar-refractivity contribution in [1.29, 1.82) is 0 Å². The van der Waals surface area contributed by atoms with Crippen molar-refractivity contribution in [3.8, 4) is 0 Å². The normalized spacial score (nSPS) is 21.2. The molecule has 1 aliphatic heterocycles. The Morgan fingerprint density at radius 2 is 2.38 bits per heavy atom. The number of ether oxygens (including phenoxy) is 2. The number of anilines is 1. The number of hydrogen-bond donors (Lipinski definition) is 2. The maximum atomic E-state index is 5.92. The van der Waals surface area contributed by atoms with E-state index in [0.717, 1.165) is 16.9 Å². The number of nitrogens with one attached hydrogen (secondary N) is 1. The van der Waals surface area contributed by atoms with E-state index < -0.39 is 0 Å². The molecule has 2 atom stereocenters. The maximum Gasteiger partial charge on any atom is 0.193 e. The lowest BCUT2D eigenvalue weighted by molar-refractivity contribution is 0.0661. The number of rotatable bonds is 5. The number of nitrogens with two attached hydrogens (primary N) is 1. The van der Waals surface area contributed by atoms with E-state index in [2.05, 4.69) is 20.6 Å². The lowest BCUT2D eigenvalue weighted by Gasteiger charge is -2.15. The fraction of sp³-hybridized carbons (Fsp3) is 0.438. The minimum Gasteiger partial charge on any atom is -0.377 e. The zero-order valence-electron chi connectivity index (χ0n) is 13.8. The molecule has 1 aromatic carbocycles. The molecule has 0 radical (unpaired) electrons. The number of methoxy groups -OCH3 is 1. The van der Waals surface area contributed by atoms with Gasteiger partial charge in [0.25, 0.3) is 0 Å². The van der Waals surface area contributed by atoms with Gasteiger partial charge in [-0.2, -0.15) is 0 Å². The Balaban J connectivity index is 1.60. The highest BCUT2D eigenvalue weighted by Gasteiger charge is 2.30. The maximum absolute atomic E-state index is 5.92. The van der Waals surface area contributed by atoms with Crippen molar-refractivity contribution in [3.63, 3.8) is 0 Å². The van der Waals surface area contributed by atoms with Crippen LogP contribution < -0.4 is 11.1 Å². The van der Waals surface area contributed by atoms with Gasteiger partial charge in [0.2, 0.25) is 0 Å². The first-order valence-corrected chi connectivity index (χ1v) is 7.80. The van der Waals surface area contributed by atoms with Gasteiger partial charge in [-0.25, -0.2) is 9.67 Å². The number of nitrogens with zero attached hydrogens (tertiary/aromatic N) is 4. The molecule has 0 spiro atoms. The molecule has 1 aliphatic rings. The van der Waals surface area contributed by atoms with Crippen molar-refractivity contribution in [2.24, 2.45) is 10.7 Å². The predicted octanol–water partition coefficient (Wildman–Crippen LogP) is 1.10. The lowest BCUT2D eigenvalue weighted by atomic mass is 10.2. The van der Waals surface area contributed by atoms with E-state index in [-0.39, 0.29) is 12.1 Å². The molecule has 3 rings (SSSR count). The van der Waals surface area contributed by atoms with Crippen LogP contribution in [0.5, 0.6) is 0 Å². The number of benzene rings is 1. The Morgan fingerprint density at radius 3 is 3.17 bits per heavy atom. The standard InChI is InChI=1S/C16H22N6O2/c1-11-4-3-5-12(6-11)19-16(17)18-7-13-8-22(21-20-13)14-9-24-10-15(14)23-2/h3-6,8,14-15H,7,9-10H2,1-2H3,(H3,17,18,19)/t14-,15-/m1/s1. The minimum atomic E-state index is -0.00360. The molecule has 1 saturated heterocycles. The topological polar surface area (TPSA) is 99.6 Å². The van der Waals surface area contributed by atoms with E-state index in [1.165, 1.54) is 0 Å². The van der Waals surface area contributed by atoms with Crippen molar-refractivity contribution in [1.82, 2.24) is 15.0 Å². The smallest absolute Gasteiger partial charge is 0.193 e. The molecule has 8 nitrogen and oxygen atoms in total. The summed E-state index contributed by atoms with van der Waals surface area (Å²) in [6.45, 7) is 3.52. The van der Waals surface area contributed by atoms with E-state index in [9.17, 15) is 0 Å². The second-order valence-electron chi connectivity index (χ2n) is 5.76. The van der Waals surface area contributed by atoms with Crippen LogP contribution in [0, 0.1) is 6.92 Å². The van der Waals surface area contributed by atoms with Crippen molar-refractivity contribution in [2.45, 2.75) is 25.6 Å². The largest absolute Gasteiger partial charge is 0.377 e. The van der Waals surface area contributed by atoms with Gasteiger partial charge in [0, 0.05) is 12.8 Å². The third-order valence-electron chi connectivity index (χ3n) is 3.90. The van der Waals surface area contributed by atoms with E-state index in [0.29, 0.717) is 25.7 Å². The molecule has 8 heteroatoms. The second-order valence-corrected chi connectivity index (χ2v) is 5.76. The average molecular weight is 330 g/mol. The summed E-state index contributed by atoms with van der Waals surface area (Å²) in [4.78, 5) is 4.30. The van der Waals surface area contributed by atoms with E-state index in [1.807, 2.05) is 37.4 Å². The summed E-state index contributed by atoms with van der Waals surface area (Å²) in [5, 5.41) is 11.3. The average Bonchev–Trinajstić information content (AvgIpc) is 3.21. The summed E-state index contributed by atoms with van der Waals surface area (Å²) < 4.78 is 12.6. The number of aliphatic imine (C=N–C) groups is 1. The lowest BCUT2D eigenvalue weighted by Crippen LogP contribution is -2.24. The van der Waals surface area contributed by atoms with E-state index in [1.54, 1.807) is 11.8 Å². The number of aryl methyl sites for hydroxylation is 1. The molecule has 0 saturated carbocycles. The first kappa shape index (κ1) is 16.4. The van der Waals surface area contributed by atoms with Crippen LogP contribution in [0.2, 0.25) is 0 Å². The summed E-state index contributed by atoms with van der Waals surface area (Å²) in [5.74, 6) is 0.342. The molecular weight excluding hydrogens is 308 g/mol. The van der Waals surface area contributed by atoms with Gasteiger partial charge in [0.05, 0.1) is 26.0 Å². The number of guanidine groups is 1. The minimum absolute atomic E-state index is 0.00360. The molecule has 24 heavy (non-hydrogen) atoms. The Kier molecular flexibility index (Phi) is 5.07. The molecule has 0 aliphatic carbocycles. The first-order valence-electron chi connectivity index (χ1n) is 7.80. The number of hydrogen-bond acceptors (Lipinski definition) is 5. The van der Waals surface area contributed by atoms with Gasteiger partial charge in [0.15, 0.2) is 5.96 Å². The van der Waals surface area contributed by atoms with Crippen LogP contribution in [0.1, 0.15) is 17.3 Å². The molecule has 2 heterocycles. The Bertz CT molecular complexity index is 714. The third-order valence-corrected chi connectivity index (χ3v) is 3.90. The zero-order valence-corrected chi connectivity index (χ0v) is 13.8. The van der Waals surface area contributed by atoms with Crippen LogP contribution >= 0.6 is 0 Å². The molecule has 128 valence electrons. The van der Waals surface area contributed by atoms with Gasteiger partial charge < -0.3 is 20.5 Å². The van der Waals surface area contributed by atoms with Crippen molar-refractivity contribution in [2.75, 3.05) is 25.6 Å². The van der Waals surface area contributed by atoms with Crippen LogP contribution in [0.25, 0.3) is 0 Å². The summed E-state index contributed by atoms with van der Waals surface area (Å²) in [7, 11) is 1.67. The second kappa shape index (κ2) is 7.41. The van der Waals surface area contributed by atoms with Crippen LogP contribution in [0.4, 0.5) is 5.69 Å². The predicted molar refractivity (Wildman–Crippen MR) is 90.8 cm³/mol. The molecule has 0 amide bonds. The molecule has 0 unspecified atom stereocenters. The van der Waals surface area contributed by atoms with Gasteiger partial charge in [-0.05, 0) is 24.6 Å². The Hall–Kier alpha value is -2.45. The number of aromatic nitrogens is 3. The highest BCUT2D eigenvalue weighted by molar-refractivity contribution is 5.92. The van der Waals surface area contributed by atoms with E-state index >= 15 is 0 Å². The third kappa shape index (κ3) is 3.90. The fourth-order valence-electron chi connectivity index (χ4n) is 2.62. The van der Waals surface area contributed by atoms with Crippen LogP contribution in [-0.4, -0.2) is 47.4 Å². The van der Waals surface area contributed by atoms with Crippen molar-refractivity contribution < 1.29 is 9.47 Å². The SMILES string of the molecule is CO[C@@H]1COC[C@H]1n1cc(CN=C(N)Nc2cccc(C)c2)nn1. The summed E-state index contributed by atoms with van der Waals surface area (Å²) >= 11 is 0. The van der Waals surface area contributed by atoms with Gasteiger partial charge >= 0.3 is 0 Å². The van der Waals surface area contributed by atoms with E-state index in [4.69, 9.17) is 15.2 Å². The summed E-state index contributed by atoms with van der Waals surface area (Å²) in [6, 6.07) is 7.98. The molecule has 1 aromatic heterocycles. The molecule has 2 aromatic rings. The molecule has 0 bridgehead atoms. The van der Waals surface area contributed by atoms with Gasteiger partial charge in [-0.1, -0.05) is 17.3 Å². The highest BCUT2D eigenvalue weighted by atomic mass is 16.5. The van der Waals surface area contributed by atoms with Crippen molar-refractivity contribution >= 4 is 11.6 Å². The van der Waals surface area contributed by atoms with Gasteiger partial charge in [0.1, 0.15) is 17.8 Å². The fourth-order valence-corrected chi connectivity index (χ4v) is 2.62. The molecule has 1 fully saturated rings. The molecular formula is C16H22N6O2. The van der Waals surface area contributed by atoms with Crippen LogP contribution in [0.3, 0.4) is 0 Å². The first-order chi connectivity index (χ1) is 11.7. The van der Waals surface area contributed by atoms with Gasteiger partial charge in [-0.3, -0.25) is 0 Å². The molecule has 3 N–H and O–H groups in total. The Labute approximate surface area is 140 Å². The Morgan fingerprint density at radius 1 is 1.50 bits per heavy atom. The highest BCUT2D eigenvalue weighted by Crippen LogP contribution is 2.21. The van der Waals surface area contributed by atoms with Crippen LogP contribution in [-0.2, 0) is 16.0 Å². The van der Waals surface area contributed by atoms with Gasteiger partial charge in [-0.15, -0.1) is 5.10 Å². The van der Waals surface area contributed by atoms with Crippen molar-refractivity contribution in [3.05, 3.63) is 41.7 Å². The summed E-state index contributed by atoms with van der Waals surface area (Å²) in [6.07, 6.45) is 1.85. The van der Waals surface area contributed by atoms with Crippen LogP contribution in [0.15, 0.2) is 35.5 Å². The monoisotopic (exact) mass is 330 g/mol. The zero-order chi connectivity index (χ0) is 16.9.